The van der Waals surface area contributed by atoms with Crippen molar-refractivity contribution in [3.05, 3.63) is 30.1 Å². The highest BCUT2D eigenvalue weighted by Gasteiger charge is 2.26. The summed E-state index contributed by atoms with van der Waals surface area (Å²) in [6.45, 7) is 5.23. The van der Waals surface area contributed by atoms with E-state index in [1.165, 1.54) is 96.3 Å². The fraction of sp³-hybridized carbons (Fsp3) is 0.812. The number of hydrogen-bond acceptors (Lipinski definition) is 4. The second kappa shape index (κ2) is 24.8. The van der Waals surface area contributed by atoms with Crippen molar-refractivity contribution in [1.29, 1.82) is 0 Å². The third-order valence-electron chi connectivity index (χ3n) is 7.64. The molecule has 39 heavy (non-hydrogen) atoms. The average molecular weight is 661 g/mol. The molecule has 1 amide bonds. The SMILES string of the molecule is CCCCCCCCCCCCCCCCCCOCC1CC(COC(=O)NCc2cccc[n+]2C)CO1.[I-]. The number of nitrogens with one attached hydrogen (secondary N) is 1. The monoisotopic (exact) mass is 660 g/mol. The molecule has 1 aliphatic rings. The van der Waals surface area contributed by atoms with Crippen molar-refractivity contribution >= 4 is 6.09 Å². The smallest absolute Gasteiger partial charge is 0.407 e. The van der Waals surface area contributed by atoms with Crippen LogP contribution < -0.4 is 33.9 Å². The summed E-state index contributed by atoms with van der Waals surface area (Å²) in [5, 5.41) is 2.82. The summed E-state index contributed by atoms with van der Waals surface area (Å²) in [6, 6.07) is 5.90. The first-order valence-electron chi connectivity index (χ1n) is 15.7. The molecule has 1 aromatic heterocycles. The van der Waals surface area contributed by atoms with Crippen molar-refractivity contribution in [2.24, 2.45) is 13.0 Å². The molecule has 226 valence electrons. The Labute approximate surface area is 256 Å². The molecule has 1 saturated heterocycles. The minimum Gasteiger partial charge on any atom is -1.00 e. The number of pyridine rings is 1. The maximum Gasteiger partial charge on any atom is 0.407 e. The minimum absolute atomic E-state index is 0. The summed E-state index contributed by atoms with van der Waals surface area (Å²) in [5.74, 6) is 0.248. The maximum atomic E-state index is 12.0. The summed E-state index contributed by atoms with van der Waals surface area (Å²) < 4.78 is 19.1. The lowest BCUT2D eigenvalue weighted by molar-refractivity contribution is -0.679. The third kappa shape index (κ3) is 18.9. The van der Waals surface area contributed by atoms with Gasteiger partial charge in [-0.3, -0.25) is 0 Å². The standard InChI is InChI=1S/C32H56N2O4.HI/c1-3-4-5-6-7-8-9-10-11-12-13-14-15-16-17-20-23-36-28-31-24-29(26-37-31)27-38-32(35)33-25-30-21-18-19-22-34(30)2;/h18-19,21-22,29,31H,3-17,20,23-28H2,1-2H3;1H. The molecular weight excluding hydrogens is 603 g/mol. The molecule has 2 rings (SSSR count). The molecule has 2 atom stereocenters. The summed E-state index contributed by atoms with van der Waals surface area (Å²) in [5.41, 5.74) is 1.02. The van der Waals surface area contributed by atoms with Gasteiger partial charge in [-0.1, -0.05) is 109 Å². The Bertz CT molecular complexity index is 721. The summed E-state index contributed by atoms with van der Waals surface area (Å²) >= 11 is 0. The molecule has 7 heteroatoms. The maximum absolute atomic E-state index is 12.0. The number of hydrogen-bond donors (Lipinski definition) is 1. The Balaban J connectivity index is 0.00000760. The molecule has 0 aromatic carbocycles. The summed E-state index contributed by atoms with van der Waals surface area (Å²) in [4.78, 5) is 12.0. The number of rotatable bonds is 23. The van der Waals surface area contributed by atoms with Crippen LogP contribution in [0.1, 0.15) is 122 Å². The topological polar surface area (TPSA) is 60.7 Å². The van der Waals surface area contributed by atoms with Gasteiger partial charge in [0.2, 0.25) is 5.69 Å². The zero-order valence-electron chi connectivity index (χ0n) is 25.0. The third-order valence-corrected chi connectivity index (χ3v) is 7.64. The van der Waals surface area contributed by atoms with Gasteiger partial charge in [0, 0.05) is 24.7 Å². The van der Waals surface area contributed by atoms with E-state index in [0.29, 0.717) is 26.4 Å². The van der Waals surface area contributed by atoms with Crippen LogP contribution in [0.2, 0.25) is 0 Å². The van der Waals surface area contributed by atoms with Gasteiger partial charge in [0.25, 0.3) is 0 Å². The van der Waals surface area contributed by atoms with Crippen molar-refractivity contribution in [1.82, 2.24) is 5.32 Å². The van der Waals surface area contributed by atoms with Gasteiger partial charge in [0.05, 0.1) is 25.9 Å². The molecule has 0 spiro atoms. The highest BCUT2D eigenvalue weighted by Crippen LogP contribution is 2.20. The van der Waals surface area contributed by atoms with E-state index in [9.17, 15) is 4.79 Å². The van der Waals surface area contributed by atoms with Crippen LogP contribution in [0.4, 0.5) is 4.79 Å². The fourth-order valence-electron chi connectivity index (χ4n) is 5.13. The highest BCUT2D eigenvalue weighted by atomic mass is 127. The molecule has 0 bridgehead atoms. The predicted octanol–water partition coefficient (Wildman–Crippen LogP) is 4.42. The first kappa shape index (κ1) is 36.1. The number of aryl methyl sites for hydroxylation is 1. The molecule has 2 heterocycles. The van der Waals surface area contributed by atoms with E-state index in [1.54, 1.807) is 0 Å². The lowest BCUT2D eigenvalue weighted by Gasteiger charge is -2.11. The Kier molecular flexibility index (Phi) is 23.0. The minimum atomic E-state index is -0.378. The van der Waals surface area contributed by atoms with Gasteiger partial charge >= 0.3 is 6.09 Å². The van der Waals surface area contributed by atoms with E-state index < -0.39 is 0 Å². The lowest BCUT2D eigenvalue weighted by atomic mass is 10.0. The lowest BCUT2D eigenvalue weighted by Crippen LogP contribution is -3.00. The van der Waals surface area contributed by atoms with Gasteiger partial charge in [-0.25, -0.2) is 9.36 Å². The normalized spacial score (nSPS) is 16.7. The molecule has 0 aliphatic carbocycles. The quantitative estimate of drug-likeness (QED) is 0.107. The number of nitrogens with zero attached hydrogens (tertiary/aromatic N) is 1. The number of carbonyl (C=O) groups excluding carboxylic acids is 1. The number of ether oxygens (including phenoxy) is 3. The van der Waals surface area contributed by atoms with Crippen molar-refractivity contribution in [3.63, 3.8) is 0 Å². The van der Waals surface area contributed by atoms with Gasteiger partial charge in [-0.05, 0) is 12.8 Å². The fourth-order valence-corrected chi connectivity index (χ4v) is 5.13. The zero-order chi connectivity index (χ0) is 27.1. The Morgan fingerprint density at radius 3 is 2.08 bits per heavy atom. The first-order valence-corrected chi connectivity index (χ1v) is 15.7. The van der Waals surface area contributed by atoms with Crippen LogP contribution in [0.15, 0.2) is 24.4 Å². The molecule has 1 fully saturated rings. The summed E-state index contributed by atoms with van der Waals surface area (Å²) in [7, 11) is 1.96. The number of unbranched alkanes of at least 4 members (excludes halogenated alkanes) is 15. The van der Waals surface area contributed by atoms with Gasteiger partial charge in [0.15, 0.2) is 6.20 Å². The molecule has 1 N–H and O–H groups in total. The van der Waals surface area contributed by atoms with Crippen LogP contribution in [0.5, 0.6) is 0 Å². The van der Waals surface area contributed by atoms with E-state index in [2.05, 4.69) is 12.2 Å². The van der Waals surface area contributed by atoms with E-state index in [-0.39, 0.29) is 42.1 Å². The van der Waals surface area contributed by atoms with E-state index in [0.717, 1.165) is 25.1 Å². The molecule has 6 nitrogen and oxygen atoms in total. The zero-order valence-corrected chi connectivity index (χ0v) is 27.1. The average Bonchev–Trinajstić information content (AvgIpc) is 3.38. The highest BCUT2D eigenvalue weighted by molar-refractivity contribution is 5.67. The molecule has 1 aliphatic heterocycles. The van der Waals surface area contributed by atoms with E-state index in [1.807, 2.05) is 36.0 Å². The van der Waals surface area contributed by atoms with Crippen molar-refractivity contribution < 1.29 is 47.5 Å². The van der Waals surface area contributed by atoms with Crippen LogP contribution in [0.3, 0.4) is 0 Å². The van der Waals surface area contributed by atoms with Gasteiger partial charge in [-0.2, -0.15) is 0 Å². The molecule has 1 aromatic rings. The number of halogens is 1. The first-order chi connectivity index (χ1) is 18.7. The Morgan fingerprint density at radius 1 is 0.897 bits per heavy atom. The number of amides is 1. The van der Waals surface area contributed by atoms with Crippen molar-refractivity contribution in [2.75, 3.05) is 26.4 Å². The van der Waals surface area contributed by atoms with Crippen molar-refractivity contribution in [2.45, 2.75) is 129 Å². The molecule has 2 unspecified atom stereocenters. The second-order valence-electron chi connectivity index (χ2n) is 11.2. The molecule has 0 radical (unpaired) electrons. The largest absolute Gasteiger partial charge is 1.00 e. The number of aromatic nitrogens is 1. The van der Waals surface area contributed by atoms with Crippen molar-refractivity contribution in [3.8, 4) is 0 Å². The summed E-state index contributed by atoms with van der Waals surface area (Å²) in [6.07, 6.45) is 24.7. The van der Waals surface area contributed by atoms with Crippen LogP contribution in [0.25, 0.3) is 0 Å². The molecular formula is C32H57IN2O4. The van der Waals surface area contributed by atoms with E-state index >= 15 is 0 Å². The van der Waals surface area contributed by atoms with E-state index in [4.69, 9.17) is 14.2 Å². The molecule has 0 saturated carbocycles. The number of carbonyl (C=O) groups is 1. The number of alkyl carbamates (subject to hydrolysis) is 1. The van der Waals surface area contributed by atoms with Gasteiger partial charge in [-0.15, -0.1) is 0 Å². The predicted molar refractivity (Wildman–Crippen MR) is 154 cm³/mol. The van der Waals surface area contributed by atoms with Gasteiger partial charge in [0.1, 0.15) is 13.6 Å². The van der Waals surface area contributed by atoms with Crippen LogP contribution in [-0.2, 0) is 27.8 Å². The van der Waals surface area contributed by atoms with Crippen LogP contribution in [0, 0.1) is 5.92 Å². The van der Waals surface area contributed by atoms with Gasteiger partial charge < -0.3 is 43.5 Å². The Hall–Kier alpha value is -0.930. The second-order valence-corrected chi connectivity index (χ2v) is 11.2. The van der Waals surface area contributed by atoms with Crippen LogP contribution in [-0.4, -0.2) is 38.6 Å². The van der Waals surface area contributed by atoms with Crippen LogP contribution >= 0.6 is 0 Å². The Morgan fingerprint density at radius 2 is 1.49 bits per heavy atom.